The van der Waals surface area contributed by atoms with E-state index in [1.807, 2.05) is 18.3 Å². The molecule has 0 aromatic carbocycles. The highest BCUT2D eigenvalue weighted by atomic mass is 16.5. The van der Waals surface area contributed by atoms with Crippen LogP contribution < -0.4 is 16.6 Å². The van der Waals surface area contributed by atoms with Gasteiger partial charge in [-0.2, -0.15) is 0 Å². The topological polar surface area (TPSA) is 84.6 Å². The van der Waals surface area contributed by atoms with Crippen LogP contribution >= 0.6 is 0 Å². The quantitative estimate of drug-likeness (QED) is 0.210. The lowest BCUT2D eigenvalue weighted by molar-refractivity contribution is 0.197. The van der Waals surface area contributed by atoms with Gasteiger partial charge >= 0.3 is 0 Å². The van der Waals surface area contributed by atoms with Crippen LogP contribution in [0, 0.1) is 0 Å². The van der Waals surface area contributed by atoms with Gasteiger partial charge in [0, 0.05) is 39.2 Å². The van der Waals surface area contributed by atoms with Crippen molar-refractivity contribution in [2.45, 2.75) is 12.8 Å². The molecular weight excluding hydrogens is 230 g/mol. The van der Waals surface area contributed by atoms with Gasteiger partial charge in [0.25, 0.3) is 0 Å². The Hall–Kier alpha value is -1.66. The third-order valence-electron chi connectivity index (χ3n) is 2.34. The molecule has 0 amide bonds. The number of pyridine rings is 1. The molecule has 0 bridgehead atoms. The fourth-order valence-electron chi connectivity index (χ4n) is 1.42. The Kier molecular flexibility index (Phi) is 7.50. The molecule has 0 aliphatic heterocycles. The summed E-state index contributed by atoms with van der Waals surface area (Å²) in [6, 6.07) is 3.97. The molecule has 0 spiro atoms. The van der Waals surface area contributed by atoms with Crippen LogP contribution in [0.1, 0.15) is 12.0 Å². The fourth-order valence-corrected chi connectivity index (χ4v) is 1.42. The summed E-state index contributed by atoms with van der Waals surface area (Å²) in [6.07, 6.45) is 5.38. The van der Waals surface area contributed by atoms with Crippen molar-refractivity contribution < 1.29 is 4.74 Å². The van der Waals surface area contributed by atoms with Gasteiger partial charge in [-0.3, -0.25) is 15.4 Å². The normalized spacial score (nSPS) is 11.3. The van der Waals surface area contributed by atoms with Gasteiger partial charge in [0.05, 0.1) is 0 Å². The molecule has 100 valence electrons. The Morgan fingerprint density at radius 2 is 2.44 bits per heavy atom. The van der Waals surface area contributed by atoms with E-state index in [-0.39, 0.29) is 0 Å². The minimum Gasteiger partial charge on any atom is -0.385 e. The molecule has 0 saturated heterocycles. The molecular formula is C12H21N5O. The fraction of sp³-hybridized carbons (Fsp3) is 0.500. The van der Waals surface area contributed by atoms with E-state index in [1.165, 1.54) is 5.56 Å². The van der Waals surface area contributed by atoms with E-state index in [2.05, 4.69) is 20.7 Å². The molecule has 0 atom stereocenters. The predicted molar refractivity (Wildman–Crippen MR) is 72.1 cm³/mol. The Balaban J connectivity index is 2.22. The SMILES string of the molecule is COCCCN=C(NN)NCCc1cccnc1. The lowest BCUT2D eigenvalue weighted by atomic mass is 10.2. The number of aromatic nitrogens is 1. The molecule has 1 aromatic heterocycles. The number of hydrogen-bond donors (Lipinski definition) is 3. The summed E-state index contributed by atoms with van der Waals surface area (Å²) in [5.41, 5.74) is 3.73. The maximum Gasteiger partial charge on any atom is 0.205 e. The van der Waals surface area contributed by atoms with Crippen molar-refractivity contribution >= 4 is 5.96 Å². The van der Waals surface area contributed by atoms with Gasteiger partial charge in [0.15, 0.2) is 0 Å². The van der Waals surface area contributed by atoms with Gasteiger partial charge < -0.3 is 10.1 Å². The third kappa shape index (κ3) is 6.17. The van der Waals surface area contributed by atoms with E-state index < -0.39 is 0 Å². The van der Waals surface area contributed by atoms with Crippen LogP contribution in [-0.4, -0.2) is 37.7 Å². The number of aliphatic imine (C=N–C) groups is 1. The first-order chi connectivity index (χ1) is 8.86. The molecule has 0 unspecified atom stereocenters. The summed E-state index contributed by atoms with van der Waals surface area (Å²) in [7, 11) is 1.68. The molecule has 0 radical (unpaired) electrons. The number of nitrogens with two attached hydrogens (primary N) is 1. The Labute approximate surface area is 108 Å². The van der Waals surface area contributed by atoms with Crippen molar-refractivity contribution in [2.75, 3.05) is 26.8 Å². The molecule has 0 saturated carbocycles. The van der Waals surface area contributed by atoms with Crippen LogP contribution in [-0.2, 0) is 11.2 Å². The van der Waals surface area contributed by atoms with Gasteiger partial charge in [-0.1, -0.05) is 6.07 Å². The van der Waals surface area contributed by atoms with Crippen LogP contribution in [0.3, 0.4) is 0 Å². The minimum absolute atomic E-state index is 0.606. The Morgan fingerprint density at radius 3 is 3.11 bits per heavy atom. The van der Waals surface area contributed by atoms with Crippen LogP contribution in [0.15, 0.2) is 29.5 Å². The number of methoxy groups -OCH3 is 1. The minimum atomic E-state index is 0.606. The second-order valence-corrected chi connectivity index (χ2v) is 3.76. The highest BCUT2D eigenvalue weighted by Gasteiger charge is 1.96. The smallest absolute Gasteiger partial charge is 0.205 e. The van der Waals surface area contributed by atoms with Gasteiger partial charge in [-0.15, -0.1) is 0 Å². The van der Waals surface area contributed by atoms with Gasteiger partial charge in [-0.05, 0) is 24.5 Å². The lowest BCUT2D eigenvalue weighted by Gasteiger charge is -2.08. The number of hydrazine groups is 1. The van der Waals surface area contributed by atoms with Crippen LogP contribution in [0.25, 0.3) is 0 Å². The number of nitrogens with zero attached hydrogens (tertiary/aromatic N) is 2. The molecule has 0 aliphatic carbocycles. The van der Waals surface area contributed by atoms with Crippen molar-refractivity contribution in [1.82, 2.24) is 15.7 Å². The Morgan fingerprint density at radius 1 is 1.56 bits per heavy atom. The van der Waals surface area contributed by atoms with Crippen molar-refractivity contribution in [2.24, 2.45) is 10.8 Å². The molecule has 6 nitrogen and oxygen atoms in total. The summed E-state index contributed by atoms with van der Waals surface area (Å²) in [4.78, 5) is 8.35. The number of hydrogen-bond acceptors (Lipinski definition) is 4. The van der Waals surface area contributed by atoms with Gasteiger partial charge in [-0.25, -0.2) is 5.84 Å². The van der Waals surface area contributed by atoms with Gasteiger partial charge in [0.2, 0.25) is 5.96 Å². The number of rotatable bonds is 7. The summed E-state index contributed by atoms with van der Waals surface area (Å²) in [5.74, 6) is 5.99. The number of nitrogens with one attached hydrogen (secondary N) is 2. The molecule has 1 aromatic rings. The van der Waals surface area contributed by atoms with E-state index >= 15 is 0 Å². The van der Waals surface area contributed by atoms with Gasteiger partial charge in [0.1, 0.15) is 0 Å². The molecule has 1 heterocycles. The van der Waals surface area contributed by atoms with Crippen LogP contribution in [0.5, 0.6) is 0 Å². The lowest BCUT2D eigenvalue weighted by Crippen LogP contribution is -2.42. The zero-order valence-electron chi connectivity index (χ0n) is 10.7. The average molecular weight is 251 g/mol. The van der Waals surface area contributed by atoms with E-state index in [9.17, 15) is 0 Å². The van der Waals surface area contributed by atoms with Crippen molar-refractivity contribution in [3.8, 4) is 0 Å². The van der Waals surface area contributed by atoms with E-state index in [1.54, 1.807) is 13.3 Å². The maximum absolute atomic E-state index is 5.38. The molecule has 0 fully saturated rings. The molecule has 1 rings (SSSR count). The second-order valence-electron chi connectivity index (χ2n) is 3.76. The molecule has 4 N–H and O–H groups in total. The first-order valence-corrected chi connectivity index (χ1v) is 5.99. The van der Waals surface area contributed by atoms with E-state index in [4.69, 9.17) is 10.6 Å². The molecule has 0 aliphatic rings. The second kappa shape index (κ2) is 9.38. The van der Waals surface area contributed by atoms with Crippen LogP contribution in [0.2, 0.25) is 0 Å². The largest absolute Gasteiger partial charge is 0.385 e. The van der Waals surface area contributed by atoms with E-state index in [0.29, 0.717) is 19.1 Å². The summed E-state index contributed by atoms with van der Waals surface area (Å²) < 4.78 is 4.95. The highest BCUT2D eigenvalue weighted by molar-refractivity contribution is 5.79. The predicted octanol–water partition coefficient (Wildman–Crippen LogP) is 0.0695. The first kappa shape index (κ1) is 14.4. The van der Waals surface area contributed by atoms with Crippen molar-refractivity contribution in [3.63, 3.8) is 0 Å². The average Bonchev–Trinajstić information content (AvgIpc) is 2.42. The number of guanidine groups is 1. The zero-order valence-corrected chi connectivity index (χ0v) is 10.7. The van der Waals surface area contributed by atoms with E-state index in [0.717, 1.165) is 19.4 Å². The number of ether oxygens (including phenoxy) is 1. The summed E-state index contributed by atoms with van der Waals surface area (Å²) in [6.45, 7) is 2.16. The highest BCUT2D eigenvalue weighted by Crippen LogP contribution is 1.95. The summed E-state index contributed by atoms with van der Waals surface area (Å²) >= 11 is 0. The monoisotopic (exact) mass is 251 g/mol. The van der Waals surface area contributed by atoms with Crippen LogP contribution in [0.4, 0.5) is 0 Å². The standard InChI is InChI=1S/C12H21N5O/c1-18-9-3-7-15-12(17-13)16-8-5-11-4-2-6-14-10-11/h2,4,6,10H,3,5,7-9,13H2,1H3,(H2,15,16,17). The molecule has 18 heavy (non-hydrogen) atoms. The Bertz CT molecular complexity index is 342. The molecule has 6 heteroatoms. The maximum atomic E-state index is 5.38. The summed E-state index contributed by atoms with van der Waals surface area (Å²) in [5, 5.41) is 3.14. The first-order valence-electron chi connectivity index (χ1n) is 5.99. The van der Waals surface area contributed by atoms with Crippen molar-refractivity contribution in [3.05, 3.63) is 30.1 Å². The zero-order chi connectivity index (χ0) is 13.1. The van der Waals surface area contributed by atoms with Crippen molar-refractivity contribution in [1.29, 1.82) is 0 Å². The third-order valence-corrected chi connectivity index (χ3v) is 2.34.